The predicted octanol–water partition coefficient (Wildman–Crippen LogP) is 3.63. The van der Waals surface area contributed by atoms with Crippen LogP contribution < -0.4 is 10.9 Å². The number of rotatable bonds is 6. The molecule has 1 amide bonds. The number of nitrogens with one attached hydrogen (secondary N) is 2. The monoisotopic (exact) mass is 474 g/mol. The van der Waals surface area contributed by atoms with Gasteiger partial charge >= 0.3 is 0 Å². The van der Waals surface area contributed by atoms with Gasteiger partial charge in [0.15, 0.2) is 5.82 Å². The molecule has 0 radical (unpaired) electrons. The number of benzene rings is 1. The van der Waals surface area contributed by atoms with Crippen molar-refractivity contribution in [2.24, 2.45) is 5.92 Å². The Balaban J connectivity index is 1.43. The molecule has 5 rings (SSSR count). The Morgan fingerprint density at radius 2 is 2.09 bits per heavy atom. The lowest BCUT2D eigenvalue weighted by Crippen LogP contribution is -2.45. The van der Waals surface area contributed by atoms with Gasteiger partial charge in [0.2, 0.25) is 0 Å². The van der Waals surface area contributed by atoms with E-state index in [9.17, 15) is 20.0 Å². The van der Waals surface area contributed by atoms with Gasteiger partial charge in [0, 0.05) is 30.5 Å². The van der Waals surface area contributed by atoms with E-state index in [0.717, 1.165) is 24.1 Å². The molecule has 3 N–H and O–H groups in total. The molecule has 9 nitrogen and oxygen atoms in total. The van der Waals surface area contributed by atoms with Crippen LogP contribution >= 0.6 is 0 Å². The largest absolute Gasteiger partial charge is 0.390 e. The minimum Gasteiger partial charge on any atom is -0.390 e. The van der Waals surface area contributed by atoms with Crippen molar-refractivity contribution < 1.29 is 9.90 Å². The standard InChI is InChI=1S/C26H30N6O3/c1-16-15-18(5-6-19(16)25(34)31-13-9-26(2,35)10-14-31)29-23-22-21(8-12-28-24(22)33)32(30-23)20(7-11-27)17-3-4-17/h5-6,8,12,15,17,20,35H,3-4,7,9-10,13-14H2,1-2H3,(H,28,33)(H,29,30). The Morgan fingerprint density at radius 3 is 2.74 bits per heavy atom. The number of carbonyl (C=O) groups excluding carboxylic acids is 1. The summed E-state index contributed by atoms with van der Waals surface area (Å²) in [6.07, 6.45) is 5.19. The number of piperidine rings is 1. The molecular formula is C26H30N6O3. The van der Waals surface area contributed by atoms with Crippen LogP contribution in [0.3, 0.4) is 0 Å². The number of hydrogen-bond acceptors (Lipinski definition) is 6. The summed E-state index contributed by atoms with van der Waals surface area (Å²) in [5, 5.41) is 28.0. The van der Waals surface area contributed by atoms with E-state index in [1.165, 1.54) is 0 Å². The number of pyridine rings is 1. The number of H-pyrrole nitrogens is 1. The second-order valence-electron chi connectivity index (χ2n) is 10.1. The van der Waals surface area contributed by atoms with Crippen LogP contribution in [0.2, 0.25) is 0 Å². The first-order chi connectivity index (χ1) is 16.8. The highest BCUT2D eigenvalue weighted by molar-refractivity contribution is 5.96. The lowest BCUT2D eigenvalue weighted by Gasteiger charge is -2.36. The fourth-order valence-electron chi connectivity index (χ4n) is 4.95. The van der Waals surface area contributed by atoms with Crippen molar-refractivity contribution in [1.29, 1.82) is 5.26 Å². The van der Waals surface area contributed by atoms with E-state index < -0.39 is 5.60 Å². The molecule has 1 aromatic carbocycles. The van der Waals surface area contributed by atoms with Crippen molar-refractivity contribution in [3.8, 4) is 6.07 Å². The van der Waals surface area contributed by atoms with Gasteiger partial charge in [-0.15, -0.1) is 0 Å². The predicted molar refractivity (Wildman–Crippen MR) is 133 cm³/mol. The van der Waals surface area contributed by atoms with Crippen molar-refractivity contribution in [3.05, 3.63) is 51.9 Å². The number of amides is 1. The second kappa shape index (κ2) is 8.86. The number of aromatic nitrogens is 3. The molecule has 182 valence electrons. The van der Waals surface area contributed by atoms with Crippen LogP contribution in [0.5, 0.6) is 0 Å². The van der Waals surface area contributed by atoms with E-state index in [-0.39, 0.29) is 17.5 Å². The highest BCUT2D eigenvalue weighted by Gasteiger charge is 2.35. The van der Waals surface area contributed by atoms with E-state index in [0.29, 0.717) is 60.6 Å². The molecule has 0 bridgehead atoms. The molecule has 1 saturated heterocycles. The zero-order valence-electron chi connectivity index (χ0n) is 20.0. The fraction of sp³-hybridized carbons (Fsp3) is 0.462. The van der Waals surface area contributed by atoms with Crippen molar-refractivity contribution in [3.63, 3.8) is 0 Å². The number of fused-ring (bicyclic) bond motifs is 1. The number of aromatic amines is 1. The first kappa shape index (κ1) is 23.1. The Bertz CT molecular complexity index is 1370. The molecule has 1 atom stereocenters. The average Bonchev–Trinajstić information content (AvgIpc) is 3.59. The normalized spacial score (nSPS) is 18.3. The Kier molecular flexibility index (Phi) is 5.85. The van der Waals surface area contributed by atoms with Gasteiger partial charge in [0.25, 0.3) is 11.5 Å². The summed E-state index contributed by atoms with van der Waals surface area (Å²) in [7, 11) is 0. The van der Waals surface area contributed by atoms with Gasteiger partial charge in [-0.05, 0) is 75.3 Å². The van der Waals surface area contributed by atoms with Crippen molar-refractivity contribution in [2.45, 2.75) is 57.6 Å². The van der Waals surface area contributed by atoms with Crippen LogP contribution in [-0.4, -0.2) is 49.4 Å². The van der Waals surface area contributed by atoms with E-state index in [1.807, 2.05) is 36.7 Å². The van der Waals surface area contributed by atoms with Gasteiger partial charge in [-0.2, -0.15) is 10.4 Å². The maximum Gasteiger partial charge on any atom is 0.261 e. The van der Waals surface area contributed by atoms with Crippen LogP contribution in [-0.2, 0) is 0 Å². The smallest absolute Gasteiger partial charge is 0.261 e. The zero-order chi connectivity index (χ0) is 24.7. The SMILES string of the molecule is Cc1cc(Nc2nn(C(CC#N)C3CC3)c3cc[nH]c(=O)c23)ccc1C(=O)N1CCC(C)(O)CC1. The lowest BCUT2D eigenvalue weighted by molar-refractivity contribution is -0.00204. The van der Waals surface area contributed by atoms with E-state index in [1.54, 1.807) is 17.2 Å². The second-order valence-corrected chi connectivity index (χ2v) is 10.1. The van der Waals surface area contributed by atoms with Gasteiger partial charge in [-0.3, -0.25) is 14.3 Å². The zero-order valence-corrected chi connectivity index (χ0v) is 20.0. The fourth-order valence-corrected chi connectivity index (χ4v) is 4.95. The van der Waals surface area contributed by atoms with E-state index >= 15 is 0 Å². The molecule has 0 spiro atoms. The van der Waals surface area contributed by atoms with Crippen molar-refractivity contribution >= 4 is 28.3 Å². The van der Waals surface area contributed by atoms with Gasteiger partial charge in [0.05, 0.1) is 29.6 Å². The van der Waals surface area contributed by atoms with Crippen LogP contribution in [0, 0.1) is 24.2 Å². The minimum atomic E-state index is -0.713. The summed E-state index contributed by atoms with van der Waals surface area (Å²) in [6.45, 7) is 4.76. The third-order valence-corrected chi connectivity index (χ3v) is 7.26. The quantitative estimate of drug-likeness (QED) is 0.501. The molecule has 2 aliphatic rings. The Morgan fingerprint density at radius 1 is 1.34 bits per heavy atom. The van der Waals surface area contributed by atoms with Crippen LogP contribution in [0.4, 0.5) is 11.5 Å². The first-order valence-corrected chi connectivity index (χ1v) is 12.1. The van der Waals surface area contributed by atoms with Gasteiger partial charge in [0.1, 0.15) is 5.39 Å². The highest BCUT2D eigenvalue weighted by Crippen LogP contribution is 2.43. The molecule has 1 aliphatic carbocycles. The van der Waals surface area contributed by atoms with Crippen molar-refractivity contribution in [1.82, 2.24) is 19.7 Å². The topological polar surface area (TPSA) is 127 Å². The van der Waals surface area contributed by atoms with Crippen LogP contribution in [0.25, 0.3) is 10.9 Å². The van der Waals surface area contributed by atoms with Gasteiger partial charge in [-0.1, -0.05) is 0 Å². The number of hydrogen-bond donors (Lipinski definition) is 3. The molecule has 2 fully saturated rings. The van der Waals surface area contributed by atoms with Gasteiger partial charge in [-0.25, -0.2) is 0 Å². The number of aryl methyl sites for hydroxylation is 1. The summed E-state index contributed by atoms with van der Waals surface area (Å²) in [5.41, 5.74) is 1.90. The third kappa shape index (κ3) is 4.54. The van der Waals surface area contributed by atoms with Crippen LogP contribution in [0.1, 0.15) is 61.0 Å². The number of carbonyl (C=O) groups is 1. The summed E-state index contributed by atoms with van der Waals surface area (Å²) in [6, 6.07) is 9.51. The number of nitriles is 1. The summed E-state index contributed by atoms with van der Waals surface area (Å²) in [5.74, 6) is 0.789. The maximum absolute atomic E-state index is 13.1. The first-order valence-electron chi connectivity index (χ1n) is 12.1. The molecule has 3 heterocycles. The van der Waals surface area contributed by atoms with E-state index in [4.69, 9.17) is 5.10 Å². The minimum absolute atomic E-state index is 0.0421. The number of likely N-dealkylation sites (tertiary alicyclic amines) is 1. The number of aliphatic hydroxyl groups is 1. The van der Waals surface area contributed by atoms with Crippen LogP contribution in [0.15, 0.2) is 35.3 Å². The Labute approximate surface area is 203 Å². The lowest BCUT2D eigenvalue weighted by atomic mass is 9.93. The summed E-state index contributed by atoms with van der Waals surface area (Å²) < 4.78 is 1.82. The van der Waals surface area contributed by atoms with Gasteiger partial charge < -0.3 is 20.3 Å². The number of anilines is 2. The summed E-state index contributed by atoms with van der Waals surface area (Å²) >= 11 is 0. The highest BCUT2D eigenvalue weighted by atomic mass is 16.3. The molecule has 35 heavy (non-hydrogen) atoms. The molecule has 1 aliphatic heterocycles. The maximum atomic E-state index is 13.1. The molecular weight excluding hydrogens is 444 g/mol. The van der Waals surface area contributed by atoms with E-state index in [2.05, 4.69) is 16.4 Å². The van der Waals surface area contributed by atoms with Crippen molar-refractivity contribution in [2.75, 3.05) is 18.4 Å². The summed E-state index contributed by atoms with van der Waals surface area (Å²) in [4.78, 5) is 30.3. The number of nitrogens with zero attached hydrogens (tertiary/aromatic N) is 4. The molecule has 2 aromatic heterocycles. The molecule has 9 heteroatoms. The molecule has 1 unspecified atom stereocenters. The average molecular weight is 475 g/mol. The molecule has 1 saturated carbocycles. The molecule has 3 aromatic rings. The Hall–Kier alpha value is -3.64. The third-order valence-electron chi connectivity index (χ3n) is 7.26.